The Morgan fingerprint density at radius 1 is 1.40 bits per heavy atom. The number of rotatable bonds is 5. The zero-order valence-electron chi connectivity index (χ0n) is 11.3. The first-order valence-corrected chi connectivity index (χ1v) is 8.32. The summed E-state index contributed by atoms with van der Waals surface area (Å²) < 4.78 is 23.3. The van der Waals surface area contributed by atoms with Crippen LogP contribution in [0.25, 0.3) is 0 Å². The lowest BCUT2D eigenvalue weighted by Crippen LogP contribution is -2.35. The fourth-order valence-corrected chi connectivity index (χ4v) is 3.88. The van der Waals surface area contributed by atoms with Crippen LogP contribution in [-0.2, 0) is 9.84 Å². The van der Waals surface area contributed by atoms with E-state index in [1.807, 2.05) is 6.92 Å². The third-order valence-electron chi connectivity index (χ3n) is 3.21. The Hall–Kier alpha value is -1.70. The van der Waals surface area contributed by atoms with Crippen molar-refractivity contribution in [3.05, 3.63) is 17.8 Å². The van der Waals surface area contributed by atoms with Crippen LogP contribution in [0.2, 0.25) is 0 Å². The van der Waals surface area contributed by atoms with Gasteiger partial charge in [0, 0.05) is 13.1 Å². The highest BCUT2D eigenvalue weighted by molar-refractivity contribution is 7.92. The van der Waals surface area contributed by atoms with Gasteiger partial charge in [0.15, 0.2) is 15.5 Å². The number of carbonyl (C=O) groups excluding carboxylic acids is 1. The minimum absolute atomic E-state index is 0.137. The zero-order valence-corrected chi connectivity index (χ0v) is 12.1. The first-order chi connectivity index (χ1) is 9.53. The molecule has 7 nitrogen and oxygen atoms in total. The Kier molecular flexibility index (Phi) is 4.53. The smallest absolute Gasteiger partial charge is 0.271 e. The molecule has 110 valence electrons. The summed E-state index contributed by atoms with van der Waals surface area (Å²) in [6, 6.07) is 3.22. The van der Waals surface area contributed by atoms with Gasteiger partial charge in [-0.25, -0.2) is 8.42 Å². The van der Waals surface area contributed by atoms with Gasteiger partial charge >= 0.3 is 0 Å². The maximum atomic E-state index is 11.9. The number of nitrogens with one attached hydrogen (secondary N) is 2. The molecule has 1 atom stereocenters. The highest BCUT2D eigenvalue weighted by Crippen LogP contribution is 2.19. The summed E-state index contributed by atoms with van der Waals surface area (Å²) in [5, 5.41) is 12.8. The van der Waals surface area contributed by atoms with E-state index in [2.05, 4.69) is 20.8 Å². The standard InChI is InChI=1S/C12H18N4O3S/c1-2-13-11-6-5-10(15-16-11)12(17)14-8-9-4-3-7-20(9,18)19/h5-6,9H,2-4,7-8H2,1H3,(H,13,16)(H,14,17). The Morgan fingerprint density at radius 3 is 2.75 bits per heavy atom. The first kappa shape index (κ1) is 14.7. The predicted octanol–water partition coefficient (Wildman–Crippen LogP) is 0.215. The van der Waals surface area contributed by atoms with Gasteiger partial charge in [-0.15, -0.1) is 10.2 Å². The number of sulfone groups is 1. The van der Waals surface area contributed by atoms with Gasteiger partial charge in [-0.2, -0.15) is 0 Å². The van der Waals surface area contributed by atoms with E-state index in [1.54, 1.807) is 12.1 Å². The van der Waals surface area contributed by atoms with Crippen LogP contribution < -0.4 is 10.6 Å². The van der Waals surface area contributed by atoms with E-state index in [1.165, 1.54) is 0 Å². The maximum Gasteiger partial charge on any atom is 0.271 e. The van der Waals surface area contributed by atoms with E-state index in [0.717, 1.165) is 6.54 Å². The van der Waals surface area contributed by atoms with Crippen LogP contribution in [0.3, 0.4) is 0 Å². The number of amides is 1. The fourth-order valence-electron chi connectivity index (χ4n) is 2.11. The summed E-state index contributed by atoms with van der Waals surface area (Å²) in [7, 11) is -3.04. The molecular formula is C12H18N4O3S. The number of hydrogen-bond donors (Lipinski definition) is 2. The van der Waals surface area contributed by atoms with Crippen molar-refractivity contribution in [2.75, 3.05) is 24.2 Å². The molecule has 1 amide bonds. The molecule has 0 spiro atoms. The molecule has 8 heteroatoms. The minimum atomic E-state index is -3.04. The summed E-state index contributed by atoms with van der Waals surface area (Å²) in [4.78, 5) is 11.9. The summed E-state index contributed by atoms with van der Waals surface area (Å²) in [6.45, 7) is 2.79. The molecule has 0 saturated carbocycles. The van der Waals surface area contributed by atoms with E-state index in [-0.39, 0.29) is 18.0 Å². The van der Waals surface area contributed by atoms with Crippen molar-refractivity contribution in [1.82, 2.24) is 15.5 Å². The normalized spacial score (nSPS) is 20.6. The molecule has 0 aromatic carbocycles. The third kappa shape index (κ3) is 3.44. The van der Waals surface area contributed by atoms with E-state index in [4.69, 9.17) is 0 Å². The second-order valence-corrected chi connectivity index (χ2v) is 7.08. The van der Waals surface area contributed by atoms with Crippen LogP contribution in [0.15, 0.2) is 12.1 Å². The van der Waals surface area contributed by atoms with E-state index in [0.29, 0.717) is 18.7 Å². The van der Waals surface area contributed by atoms with Gasteiger partial charge in [0.2, 0.25) is 0 Å². The van der Waals surface area contributed by atoms with Gasteiger partial charge in [-0.05, 0) is 31.9 Å². The van der Waals surface area contributed by atoms with Gasteiger partial charge in [0.05, 0.1) is 11.0 Å². The van der Waals surface area contributed by atoms with Gasteiger partial charge in [0.25, 0.3) is 5.91 Å². The number of carbonyl (C=O) groups is 1. The SMILES string of the molecule is CCNc1ccc(C(=O)NCC2CCCS2(=O)=O)nn1. The van der Waals surface area contributed by atoms with Crippen LogP contribution in [0.5, 0.6) is 0 Å². The highest BCUT2D eigenvalue weighted by Gasteiger charge is 2.31. The van der Waals surface area contributed by atoms with Crippen LogP contribution in [0, 0.1) is 0 Å². The van der Waals surface area contributed by atoms with Crippen molar-refractivity contribution >= 4 is 21.6 Å². The van der Waals surface area contributed by atoms with Crippen molar-refractivity contribution in [3.8, 4) is 0 Å². The first-order valence-electron chi connectivity index (χ1n) is 6.60. The van der Waals surface area contributed by atoms with E-state index >= 15 is 0 Å². The monoisotopic (exact) mass is 298 g/mol. The topological polar surface area (TPSA) is 101 Å². The zero-order chi connectivity index (χ0) is 14.6. The van der Waals surface area contributed by atoms with Gasteiger partial charge < -0.3 is 10.6 Å². The summed E-state index contributed by atoms with van der Waals surface area (Å²) in [6.07, 6.45) is 1.27. The Bertz CT molecular complexity index is 571. The quantitative estimate of drug-likeness (QED) is 0.806. The maximum absolute atomic E-state index is 11.9. The molecule has 0 bridgehead atoms. The molecule has 0 aliphatic carbocycles. The highest BCUT2D eigenvalue weighted by atomic mass is 32.2. The number of nitrogens with zero attached hydrogens (tertiary/aromatic N) is 2. The fraction of sp³-hybridized carbons (Fsp3) is 0.583. The lowest BCUT2D eigenvalue weighted by molar-refractivity contribution is 0.0947. The molecule has 1 aromatic heterocycles. The minimum Gasteiger partial charge on any atom is -0.369 e. The third-order valence-corrected chi connectivity index (χ3v) is 5.48. The molecule has 1 aliphatic rings. The van der Waals surface area contributed by atoms with Gasteiger partial charge in [0.1, 0.15) is 5.82 Å². The lowest BCUT2D eigenvalue weighted by Gasteiger charge is -2.10. The molecular weight excluding hydrogens is 280 g/mol. The summed E-state index contributed by atoms with van der Waals surface area (Å²) in [5.41, 5.74) is 0.182. The van der Waals surface area contributed by atoms with Crippen molar-refractivity contribution in [2.45, 2.75) is 25.0 Å². The Morgan fingerprint density at radius 2 is 2.20 bits per heavy atom. The van der Waals surface area contributed by atoms with Gasteiger partial charge in [-0.1, -0.05) is 0 Å². The van der Waals surface area contributed by atoms with Crippen molar-refractivity contribution in [3.63, 3.8) is 0 Å². The van der Waals surface area contributed by atoms with Crippen LogP contribution >= 0.6 is 0 Å². The molecule has 2 heterocycles. The Labute approximate surface area is 118 Å². The molecule has 20 heavy (non-hydrogen) atoms. The average molecular weight is 298 g/mol. The number of anilines is 1. The summed E-state index contributed by atoms with van der Waals surface area (Å²) in [5.74, 6) is 0.412. The molecule has 1 fully saturated rings. The van der Waals surface area contributed by atoms with Crippen LogP contribution in [0.1, 0.15) is 30.3 Å². The van der Waals surface area contributed by atoms with Crippen LogP contribution in [0.4, 0.5) is 5.82 Å². The number of aromatic nitrogens is 2. The Balaban J connectivity index is 1.91. The van der Waals surface area contributed by atoms with Gasteiger partial charge in [-0.3, -0.25) is 4.79 Å². The van der Waals surface area contributed by atoms with E-state index in [9.17, 15) is 13.2 Å². The van der Waals surface area contributed by atoms with Crippen molar-refractivity contribution in [1.29, 1.82) is 0 Å². The molecule has 0 radical (unpaired) electrons. The largest absolute Gasteiger partial charge is 0.369 e. The molecule has 1 saturated heterocycles. The second kappa shape index (κ2) is 6.17. The molecule has 1 aliphatic heterocycles. The molecule has 1 unspecified atom stereocenters. The molecule has 2 rings (SSSR count). The van der Waals surface area contributed by atoms with E-state index < -0.39 is 21.0 Å². The van der Waals surface area contributed by atoms with Crippen molar-refractivity contribution < 1.29 is 13.2 Å². The lowest BCUT2D eigenvalue weighted by atomic mass is 10.2. The molecule has 2 N–H and O–H groups in total. The summed E-state index contributed by atoms with van der Waals surface area (Å²) >= 11 is 0. The number of hydrogen-bond acceptors (Lipinski definition) is 6. The molecule has 1 aromatic rings. The average Bonchev–Trinajstić information content (AvgIpc) is 2.76. The van der Waals surface area contributed by atoms with Crippen LogP contribution in [-0.4, -0.2) is 48.6 Å². The predicted molar refractivity (Wildman–Crippen MR) is 75.3 cm³/mol. The second-order valence-electron chi connectivity index (χ2n) is 4.68. The van der Waals surface area contributed by atoms with Crippen molar-refractivity contribution in [2.24, 2.45) is 0 Å².